The van der Waals surface area contributed by atoms with Crippen LogP contribution in [0.2, 0.25) is 0 Å². The highest BCUT2D eigenvalue weighted by molar-refractivity contribution is 5.35. The fourth-order valence-electron chi connectivity index (χ4n) is 0.629. The van der Waals surface area contributed by atoms with E-state index in [1.54, 1.807) is 0 Å². The lowest BCUT2D eigenvalue weighted by Gasteiger charge is -1.91. The van der Waals surface area contributed by atoms with Crippen molar-refractivity contribution in [2.75, 3.05) is 5.73 Å². The van der Waals surface area contributed by atoms with Gasteiger partial charge in [0, 0.05) is 17.8 Å². The highest BCUT2D eigenvalue weighted by Gasteiger charge is 2.13. The van der Waals surface area contributed by atoms with E-state index in [2.05, 4.69) is 4.98 Å². The van der Waals surface area contributed by atoms with Crippen LogP contribution < -0.4 is 10.7 Å². The molecule has 0 atom stereocenters. The van der Waals surface area contributed by atoms with Crippen LogP contribution in [0.15, 0.2) is 18.3 Å². The second kappa shape index (κ2) is 2.60. The van der Waals surface area contributed by atoms with Gasteiger partial charge in [-0.15, -0.1) is 0 Å². The van der Waals surface area contributed by atoms with Crippen molar-refractivity contribution in [3.8, 4) is 0 Å². The van der Waals surface area contributed by atoms with Crippen LogP contribution in [0.5, 0.6) is 0 Å². The molecule has 0 amide bonds. The van der Waals surface area contributed by atoms with Crippen LogP contribution in [-0.2, 0) is 0 Å². The van der Waals surface area contributed by atoms with Crippen molar-refractivity contribution < 1.29 is 13.8 Å². The van der Waals surface area contributed by atoms with Crippen LogP contribution in [0, 0.1) is 0 Å². The Balaban J connectivity index is 2.96. The molecule has 3 N–H and O–H groups in total. The van der Waals surface area contributed by atoms with E-state index >= 15 is 0 Å². The molecule has 1 rings (SSSR count). The van der Waals surface area contributed by atoms with Crippen LogP contribution in [0.25, 0.3) is 0 Å². The lowest BCUT2D eigenvalue weighted by molar-refractivity contribution is -0.401. The van der Waals surface area contributed by atoms with Crippen molar-refractivity contribution >= 4 is 5.69 Å². The number of nitrogens with two attached hydrogens (primary N) is 1. The molecule has 0 aliphatic rings. The summed E-state index contributed by atoms with van der Waals surface area (Å²) in [7, 11) is 0. The van der Waals surface area contributed by atoms with Gasteiger partial charge in [0.1, 0.15) is 0 Å². The van der Waals surface area contributed by atoms with Gasteiger partial charge < -0.3 is 5.73 Å². The van der Waals surface area contributed by atoms with E-state index < -0.39 is 6.43 Å². The zero-order valence-corrected chi connectivity index (χ0v) is 5.14. The fraction of sp³-hybridized carbons (Fsp3) is 0.167. The first-order valence-electron chi connectivity index (χ1n) is 2.75. The number of nitrogens with one attached hydrogen (secondary N) is 1. The fourth-order valence-corrected chi connectivity index (χ4v) is 0.629. The third kappa shape index (κ3) is 1.40. The van der Waals surface area contributed by atoms with E-state index in [4.69, 9.17) is 5.73 Å². The van der Waals surface area contributed by atoms with E-state index in [1.165, 1.54) is 18.3 Å². The van der Waals surface area contributed by atoms with Gasteiger partial charge in [-0.2, -0.15) is 8.78 Å². The van der Waals surface area contributed by atoms with Crippen LogP contribution >= 0.6 is 0 Å². The SMILES string of the molecule is Nc1cc[nH+]c(C(F)F)c1. The number of halogens is 2. The quantitative estimate of drug-likeness (QED) is 0.629. The number of aromatic nitrogens is 1. The van der Waals surface area contributed by atoms with E-state index in [-0.39, 0.29) is 5.69 Å². The molecule has 54 valence electrons. The van der Waals surface area contributed by atoms with Gasteiger partial charge in [0.05, 0.1) is 0 Å². The number of hydrogen-bond donors (Lipinski definition) is 1. The van der Waals surface area contributed by atoms with Crippen molar-refractivity contribution in [2.24, 2.45) is 0 Å². The molecule has 0 spiro atoms. The topological polar surface area (TPSA) is 40.2 Å². The summed E-state index contributed by atoms with van der Waals surface area (Å²) in [6.07, 6.45) is -1.10. The van der Waals surface area contributed by atoms with Crippen LogP contribution in [0.4, 0.5) is 14.5 Å². The maximum atomic E-state index is 11.9. The molecule has 0 aromatic carbocycles. The van der Waals surface area contributed by atoms with Gasteiger partial charge in [-0.3, -0.25) is 0 Å². The maximum Gasteiger partial charge on any atom is 0.320 e. The highest BCUT2D eigenvalue weighted by atomic mass is 19.3. The molecule has 0 aliphatic carbocycles. The molecule has 0 bridgehead atoms. The number of nitrogen functional groups attached to an aromatic ring is 1. The average Bonchev–Trinajstić information content (AvgIpc) is 1.88. The summed E-state index contributed by atoms with van der Waals surface area (Å²) in [6.45, 7) is 0. The second-order valence-electron chi connectivity index (χ2n) is 1.88. The Labute approximate surface area is 56.7 Å². The van der Waals surface area contributed by atoms with Crippen LogP contribution in [0.3, 0.4) is 0 Å². The smallest absolute Gasteiger partial charge is 0.320 e. The zero-order valence-electron chi connectivity index (χ0n) is 5.14. The molecule has 4 heteroatoms. The molecule has 0 fully saturated rings. The Bertz CT molecular complexity index is 225. The number of anilines is 1. The number of alkyl halides is 2. The summed E-state index contributed by atoms with van der Waals surface area (Å²) in [5.41, 5.74) is 5.43. The summed E-state index contributed by atoms with van der Waals surface area (Å²) in [4.78, 5) is 2.38. The van der Waals surface area contributed by atoms with E-state index in [9.17, 15) is 8.78 Å². The van der Waals surface area contributed by atoms with Crippen molar-refractivity contribution in [2.45, 2.75) is 6.43 Å². The third-order valence-electron chi connectivity index (χ3n) is 1.08. The Morgan fingerprint density at radius 3 is 2.60 bits per heavy atom. The molecule has 0 unspecified atom stereocenters. The minimum absolute atomic E-state index is 0.153. The molecule has 0 saturated carbocycles. The van der Waals surface area contributed by atoms with Gasteiger partial charge in [0.15, 0.2) is 6.20 Å². The Morgan fingerprint density at radius 2 is 2.20 bits per heavy atom. The lowest BCUT2D eigenvalue weighted by Crippen LogP contribution is -2.10. The Morgan fingerprint density at radius 1 is 1.50 bits per heavy atom. The summed E-state index contributed by atoms with van der Waals surface area (Å²) in [6, 6.07) is 2.73. The lowest BCUT2D eigenvalue weighted by atomic mass is 10.3. The highest BCUT2D eigenvalue weighted by Crippen LogP contribution is 2.14. The molecule has 1 heterocycles. The zero-order chi connectivity index (χ0) is 7.56. The summed E-state index contributed by atoms with van der Waals surface area (Å²) >= 11 is 0. The van der Waals surface area contributed by atoms with E-state index in [1.807, 2.05) is 0 Å². The third-order valence-corrected chi connectivity index (χ3v) is 1.08. The largest absolute Gasteiger partial charge is 0.398 e. The molecule has 1 aromatic heterocycles. The normalized spacial score (nSPS) is 10.3. The standard InChI is InChI=1S/C6H6F2N2/c7-6(8)5-3-4(9)1-2-10-5/h1-3,6H,(H2,9,10)/p+1. The number of rotatable bonds is 1. The van der Waals surface area contributed by atoms with Crippen LogP contribution in [-0.4, -0.2) is 0 Å². The van der Waals surface area contributed by atoms with Gasteiger partial charge in [0.2, 0.25) is 5.69 Å². The first-order chi connectivity index (χ1) is 4.70. The van der Waals surface area contributed by atoms with Crippen molar-refractivity contribution in [3.63, 3.8) is 0 Å². The molecular weight excluding hydrogens is 138 g/mol. The van der Waals surface area contributed by atoms with Gasteiger partial charge in [-0.25, -0.2) is 4.98 Å². The number of pyridine rings is 1. The first kappa shape index (κ1) is 6.92. The molecule has 0 radical (unpaired) electrons. The minimum atomic E-state index is -2.48. The maximum absolute atomic E-state index is 11.9. The predicted octanol–water partition coefficient (Wildman–Crippen LogP) is 1.02. The van der Waals surface area contributed by atoms with Gasteiger partial charge in [0.25, 0.3) is 0 Å². The summed E-state index contributed by atoms with van der Waals surface area (Å²) in [5, 5.41) is 0. The van der Waals surface area contributed by atoms with E-state index in [0.717, 1.165) is 0 Å². The van der Waals surface area contributed by atoms with Gasteiger partial charge in [-0.05, 0) is 0 Å². The predicted molar refractivity (Wildman–Crippen MR) is 32.4 cm³/mol. The molecule has 1 aromatic rings. The minimum Gasteiger partial charge on any atom is -0.398 e. The van der Waals surface area contributed by atoms with Crippen LogP contribution in [0.1, 0.15) is 12.1 Å². The van der Waals surface area contributed by atoms with Crippen molar-refractivity contribution in [1.29, 1.82) is 0 Å². The van der Waals surface area contributed by atoms with Gasteiger partial charge >= 0.3 is 6.43 Å². The number of hydrogen-bond acceptors (Lipinski definition) is 1. The molecule has 0 saturated heterocycles. The average molecular weight is 145 g/mol. The van der Waals surface area contributed by atoms with Crippen molar-refractivity contribution in [1.82, 2.24) is 0 Å². The van der Waals surface area contributed by atoms with E-state index in [0.29, 0.717) is 5.69 Å². The first-order valence-corrected chi connectivity index (χ1v) is 2.75. The molecule has 2 nitrogen and oxygen atoms in total. The monoisotopic (exact) mass is 145 g/mol. The second-order valence-corrected chi connectivity index (χ2v) is 1.88. The molecule has 10 heavy (non-hydrogen) atoms. The Hall–Kier alpha value is -1.19. The number of H-pyrrole nitrogens is 1. The van der Waals surface area contributed by atoms with Gasteiger partial charge in [-0.1, -0.05) is 0 Å². The van der Waals surface area contributed by atoms with Crippen molar-refractivity contribution in [3.05, 3.63) is 24.0 Å². The molecule has 0 aliphatic heterocycles. The Kier molecular flexibility index (Phi) is 1.80. The summed E-state index contributed by atoms with van der Waals surface area (Å²) in [5.74, 6) is 0. The summed E-state index contributed by atoms with van der Waals surface area (Å²) < 4.78 is 23.7. The molecular formula is C6H7F2N2+. The number of aromatic amines is 1.